The quantitative estimate of drug-likeness (QED) is 0.0493. The molecule has 3 aliphatic carbocycles. The molecule has 11 rings (SSSR count). The number of nitrogens with zero attached hydrogens (tertiary/aromatic N) is 7. The Bertz CT molecular complexity index is 3320. The molecule has 2 aliphatic heterocycles. The van der Waals surface area contributed by atoms with E-state index in [-0.39, 0.29) is 45.6 Å². The van der Waals surface area contributed by atoms with E-state index in [1.807, 2.05) is 0 Å². The number of piperidine rings is 1. The minimum atomic E-state index is -4.71. The standard InChI is InChI=1S/C58H69FN10O8S/c1-36(2)44-7-5-6-8-46(44)51-35-66(34-39-11-13-45(38-9-10-38)56(64-39)76-4)23-24-68(51)41-28-58(29-41)19-21-67(22-20-58)40-12-14-47(52(25-40)77-42-26-48-49(59)33-63-53(48)61-31-42)55(70)65-78(74,75)43-27-50(69(72)73)54(62-32-43)60-30-37-15-17-57(3,71)18-16-37/h5-8,11-14,25-27,31-33,36-38,41,51,71H,9-10,15-24,28-30,34-35H2,1-4H3,(H,60,62)(H,61,63)(H,65,70)/t37?,51-,57?/m0/s1. The van der Waals surface area contributed by atoms with Crippen LogP contribution in [0.5, 0.6) is 17.4 Å². The second-order valence-electron chi connectivity index (χ2n) is 23.0. The minimum Gasteiger partial charge on any atom is -0.481 e. The molecule has 6 heterocycles. The molecule has 1 amide bonds. The number of aromatic amines is 1. The molecule has 2 saturated heterocycles. The number of aromatic nitrogens is 4. The molecule has 412 valence electrons. The maximum Gasteiger partial charge on any atom is 0.312 e. The molecule has 6 aromatic rings. The Kier molecular flexibility index (Phi) is 14.7. The average Bonchev–Trinajstić information content (AvgIpc) is 4.32. The number of carbonyl (C=O) groups is 1. The smallest absolute Gasteiger partial charge is 0.312 e. The first-order valence-electron chi connectivity index (χ1n) is 27.4. The number of methoxy groups -OCH3 is 1. The number of hydrogen-bond acceptors (Lipinski definition) is 15. The lowest BCUT2D eigenvalue weighted by atomic mass is 9.59. The fraction of sp³-hybridized carbons (Fsp3) is 0.483. The molecule has 0 bridgehead atoms. The van der Waals surface area contributed by atoms with E-state index in [4.69, 9.17) is 14.5 Å². The van der Waals surface area contributed by atoms with E-state index in [1.165, 1.54) is 54.1 Å². The van der Waals surface area contributed by atoms with Gasteiger partial charge in [-0.1, -0.05) is 44.2 Å². The Balaban J connectivity index is 0.782. The second-order valence-corrected chi connectivity index (χ2v) is 24.7. The van der Waals surface area contributed by atoms with E-state index in [2.05, 4.69) is 89.9 Å². The fourth-order valence-electron chi connectivity index (χ4n) is 12.5. The highest BCUT2D eigenvalue weighted by Crippen LogP contribution is 2.54. The lowest BCUT2D eigenvalue weighted by Gasteiger charge is -2.58. The molecule has 4 aromatic heterocycles. The lowest BCUT2D eigenvalue weighted by molar-refractivity contribution is -0.384. The molecule has 1 atom stereocenters. The van der Waals surface area contributed by atoms with Crippen LogP contribution in [0.1, 0.15) is 136 Å². The number of hydrogen-bond donors (Lipinski definition) is 4. The van der Waals surface area contributed by atoms with Gasteiger partial charge in [-0.05, 0) is 130 Å². The molecule has 18 nitrogen and oxygen atoms in total. The van der Waals surface area contributed by atoms with Gasteiger partial charge in [0, 0.05) is 87.5 Å². The van der Waals surface area contributed by atoms with Crippen LogP contribution in [0.3, 0.4) is 0 Å². The summed E-state index contributed by atoms with van der Waals surface area (Å²) in [4.78, 5) is 48.7. The van der Waals surface area contributed by atoms with Crippen molar-refractivity contribution in [1.82, 2.24) is 34.5 Å². The van der Waals surface area contributed by atoms with E-state index < -0.39 is 42.9 Å². The van der Waals surface area contributed by atoms with Crippen LogP contribution >= 0.6 is 0 Å². The molecule has 2 aromatic carbocycles. The number of H-pyrrole nitrogens is 1. The average molecular weight is 1090 g/mol. The number of anilines is 2. The van der Waals surface area contributed by atoms with Crippen molar-refractivity contribution in [2.45, 2.75) is 126 Å². The Labute approximate surface area is 454 Å². The van der Waals surface area contributed by atoms with Crippen molar-refractivity contribution < 1.29 is 37.1 Å². The molecule has 0 unspecified atom stereocenters. The van der Waals surface area contributed by atoms with Crippen LogP contribution in [0.15, 0.2) is 90.2 Å². The number of halogens is 1. The molecule has 5 aliphatic rings. The summed E-state index contributed by atoms with van der Waals surface area (Å²) in [5.74, 6) is 0.263. The zero-order chi connectivity index (χ0) is 54.5. The molecule has 78 heavy (non-hydrogen) atoms. The van der Waals surface area contributed by atoms with Crippen LogP contribution in [-0.2, 0) is 16.6 Å². The minimum absolute atomic E-state index is 0.00576. The SMILES string of the molecule is COc1nc(CN2CCN(C3CC4(CCN(c5ccc(C(=O)NS(=O)(=O)c6cnc(NCC7CCC(C)(O)CC7)c([N+](=O)[O-])c6)c(Oc6cnc7[nH]cc(F)c7c6)c5)CC4)C3)[C@H](c3ccccc3C(C)C)C2)ccc1C1CC1. The van der Waals surface area contributed by atoms with Gasteiger partial charge in [-0.2, -0.15) is 0 Å². The first kappa shape index (κ1) is 53.3. The molecule has 20 heteroatoms. The largest absolute Gasteiger partial charge is 0.481 e. The zero-order valence-electron chi connectivity index (χ0n) is 44.7. The second kappa shape index (κ2) is 21.5. The lowest BCUT2D eigenvalue weighted by Crippen LogP contribution is -2.60. The number of rotatable bonds is 17. The Morgan fingerprint density at radius 1 is 0.962 bits per heavy atom. The Hall–Kier alpha value is -6.74. The zero-order valence-corrected chi connectivity index (χ0v) is 45.5. The third kappa shape index (κ3) is 11.3. The molecule has 5 fully saturated rings. The molecule has 1 spiro atoms. The van der Waals surface area contributed by atoms with Gasteiger partial charge in [0.1, 0.15) is 27.9 Å². The van der Waals surface area contributed by atoms with Gasteiger partial charge in [-0.15, -0.1) is 0 Å². The van der Waals surface area contributed by atoms with Gasteiger partial charge in [0.05, 0.1) is 46.7 Å². The van der Waals surface area contributed by atoms with Crippen molar-refractivity contribution in [2.24, 2.45) is 11.3 Å². The van der Waals surface area contributed by atoms with Crippen molar-refractivity contribution in [3.05, 3.63) is 129 Å². The van der Waals surface area contributed by atoms with Gasteiger partial charge in [-0.25, -0.2) is 32.5 Å². The topological polar surface area (TPSA) is 221 Å². The van der Waals surface area contributed by atoms with Crippen LogP contribution in [0.2, 0.25) is 0 Å². The number of ether oxygens (including phenoxy) is 2. The Morgan fingerprint density at radius 2 is 1.73 bits per heavy atom. The highest BCUT2D eigenvalue weighted by Gasteiger charge is 2.50. The third-order valence-electron chi connectivity index (χ3n) is 17.2. The first-order chi connectivity index (χ1) is 37.4. The monoisotopic (exact) mass is 1080 g/mol. The van der Waals surface area contributed by atoms with Crippen LogP contribution in [-0.4, -0.2) is 112 Å². The highest BCUT2D eigenvalue weighted by atomic mass is 32.2. The highest BCUT2D eigenvalue weighted by molar-refractivity contribution is 7.90. The summed E-state index contributed by atoms with van der Waals surface area (Å²) in [5, 5.41) is 25.7. The summed E-state index contributed by atoms with van der Waals surface area (Å²) in [6.45, 7) is 11.8. The van der Waals surface area contributed by atoms with Crippen LogP contribution in [0.25, 0.3) is 11.0 Å². The van der Waals surface area contributed by atoms with Crippen molar-refractivity contribution in [3.63, 3.8) is 0 Å². The number of pyridine rings is 3. The van der Waals surface area contributed by atoms with Gasteiger partial charge in [0.15, 0.2) is 0 Å². The number of aliphatic hydroxyl groups is 1. The molecular weight excluding hydrogens is 1020 g/mol. The van der Waals surface area contributed by atoms with E-state index in [0.717, 1.165) is 94.5 Å². The van der Waals surface area contributed by atoms with Gasteiger partial charge in [0.2, 0.25) is 11.7 Å². The van der Waals surface area contributed by atoms with Crippen molar-refractivity contribution >= 4 is 44.2 Å². The van der Waals surface area contributed by atoms with E-state index in [9.17, 15) is 32.8 Å². The number of piperazine rings is 1. The van der Waals surface area contributed by atoms with Gasteiger partial charge >= 0.3 is 5.69 Å². The number of carbonyl (C=O) groups excluding carboxylic acids is 1. The van der Waals surface area contributed by atoms with Gasteiger partial charge < -0.3 is 29.8 Å². The van der Waals surface area contributed by atoms with Gasteiger partial charge in [-0.3, -0.25) is 24.7 Å². The fourth-order valence-corrected chi connectivity index (χ4v) is 13.4. The number of fused-ring (bicyclic) bond motifs is 1. The summed E-state index contributed by atoms with van der Waals surface area (Å²) in [5.41, 5.74) is 4.81. The summed E-state index contributed by atoms with van der Waals surface area (Å²) in [6, 6.07) is 21.2. The predicted molar refractivity (Wildman–Crippen MR) is 294 cm³/mol. The van der Waals surface area contributed by atoms with E-state index in [0.29, 0.717) is 55.8 Å². The molecule has 0 radical (unpaired) electrons. The van der Waals surface area contributed by atoms with Gasteiger partial charge in [0.25, 0.3) is 15.9 Å². The molecular formula is C58H69FN10O8S. The molecule has 3 saturated carbocycles. The van der Waals surface area contributed by atoms with Crippen LogP contribution < -0.4 is 24.4 Å². The number of benzene rings is 2. The third-order valence-corrected chi connectivity index (χ3v) is 18.5. The number of nitrogens with one attached hydrogen (secondary N) is 3. The number of nitro groups is 1. The maximum atomic E-state index is 14.8. The molecule has 4 N–H and O–H groups in total. The van der Waals surface area contributed by atoms with Crippen LogP contribution in [0.4, 0.5) is 21.6 Å². The summed E-state index contributed by atoms with van der Waals surface area (Å²) in [6.07, 6.45) is 12.7. The summed E-state index contributed by atoms with van der Waals surface area (Å²) >= 11 is 0. The first-order valence-corrected chi connectivity index (χ1v) is 28.9. The normalized spacial score (nSPS) is 22.1. The predicted octanol–water partition coefficient (Wildman–Crippen LogP) is 9.98. The Morgan fingerprint density at radius 3 is 2.46 bits per heavy atom. The van der Waals surface area contributed by atoms with Crippen molar-refractivity contribution in [2.75, 3.05) is 56.6 Å². The number of amides is 1. The van der Waals surface area contributed by atoms with Crippen molar-refractivity contribution in [1.29, 1.82) is 0 Å². The van der Waals surface area contributed by atoms with Crippen molar-refractivity contribution in [3.8, 4) is 17.4 Å². The van der Waals surface area contributed by atoms with E-state index in [1.54, 1.807) is 26.2 Å². The summed E-state index contributed by atoms with van der Waals surface area (Å²) in [7, 11) is -2.99. The van der Waals surface area contributed by atoms with Crippen LogP contribution in [0, 0.1) is 27.3 Å². The maximum absolute atomic E-state index is 14.8. The summed E-state index contributed by atoms with van der Waals surface area (Å²) < 4.78 is 56.5. The van der Waals surface area contributed by atoms with E-state index >= 15 is 0 Å². The number of sulfonamides is 1.